The van der Waals surface area contributed by atoms with Crippen LogP contribution in [0.5, 0.6) is 0 Å². The van der Waals surface area contributed by atoms with Gasteiger partial charge in [-0.25, -0.2) is 9.37 Å². The highest BCUT2D eigenvalue weighted by Gasteiger charge is 2.07. The summed E-state index contributed by atoms with van der Waals surface area (Å²) in [4.78, 5) is 15.7. The highest BCUT2D eigenvalue weighted by atomic mass is 19.1. The van der Waals surface area contributed by atoms with Crippen LogP contribution < -0.4 is 11.1 Å². The molecule has 18 heavy (non-hydrogen) atoms. The minimum Gasteiger partial charge on any atom is -0.384 e. The summed E-state index contributed by atoms with van der Waals surface area (Å²) in [6, 6.07) is 7.33. The van der Waals surface area contributed by atoms with Crippen molar-refractivity contribution in [1.29, 1.82) is 0 Å². The number of anilines is 2. The summed E-state index contributed by atoms with van der Waals surface area (Å²) in [5.41, 5.74) is 7.01. The number of nitrogens with two attached hydrogens (primary N) is 1. The molecule has 3 N–H and O–H groups in total. The van der Waals surface area contributed by atoms with Crippen LogP contribution in [0.2, 0.25) is 0 Å². The molecule has 0 aliphatic rings. The van der Waals surface area contributed by atoms with Crippen LogP contribution in [0.3, 0.4) is 0 Å². The molecule has 0 radical (unpaired) electrons. The van der Waals surface area contributed by atoms with Crippen molar-refractivity contribution in [2.24, 2.45) is 0 Å². The third-order valence-electron chi connectivity index (χ3n) is 2.34. The van der Waals surface area contributed by atoms with E-state index in [4.69, 9.17) is 5.73 Å². The first-order valence-corrected chi connectivity index (χ1v) is 5.34. The van der Waals surface area contributed by atoms with Crippen LogP contribution in [0, 0.1) is 12.7 Å². The minimum atomic E-state index is -0.389. The van der Waals surface area contributed by atoms with E-state index in [0.29, 0.717) is 11.3 Å². The quantitative estimate of drug-likeness (QED) is 0.853. The zero-order valence-corrected chi connectivity index (χ0v) is 9.77. The summed E-state index contributed by atoms with van der Waals surface area (Å²) < 4.78 is 13.2. The summed E-state index contributed by atoms with van der Waals surface area (Å²) in [5, 5.41) is 2.60. The number of carbonyl (C=O) groups is 1. The second-order valence-corrected chi connectivity index (χ2v) is 3.94. The predicted octanol–water partition coefficient (Wildman–Crippen LogP) is 2.36. The number of pyridine rings is 1. The first-order chi connectivity index (χ1) is 8.54. The van der Waals surface area contributed by atoms with Gasteiger partial charge in [-0.1, -0.05) is 0 Å². The number of nitrogen functional groups attached to an aromatic ring is 1. The molecule has 92 valence electrons. The summed E-state index contributed by atoms with van der Waals surface area (Å²) in [6.07, 6.45) is 1.45. The topological polar surface area (TPSA) is 68.0 Å². The summed E-state index contributed by atoms with van der Waals surface area (Å²) in [6.45, 7) is 1.75. The summed E-state index contributed by atoms with van der Waals surface area (Å²) in [7, 11) is 0. The zero-order chi connectivity index (χ0) is 13.1. The van der Waals surface area contributed by atoms with E-state index < -0.39 is 0 Å². The molecule has 1 aromatic heterocycles. The number of nitrogens with one attached hydrogen (secondary N) is 1. The Labute approximate surface area is 104 Å². The zero-order valence-electron chi connectivity index (χ0n) is 9.77. The number of carbonyl (C=O) groups excluding carboxylic acids is 1. The van der Waals surface area contributed by atoms with Crippen molar-refractivity contribution < 1.29 is 9.18 Å². The average molecular weight is 245 g/mol. The van der Waals surface area contributed by atoms with E-state index in [1.54, 1.807) is 13.0 Å². The Morgan fingerprint density at radius 3 is 2.78 bits per heavy atom. The first-order valence-electron chi connectivity index (χ1n) is 5.34. The molecule has 2 aromatic rings. The van der Waals surface area contributed by atoms with E-state index >= 15 is 0 Å². The van der Waals surface area contributed by atoms with Crippen molar-refractivity contribution in [1.82, 2.24) is 4.98 Å². The van der Waals surface area contributed by atoms with E-state index in [-0.39, 0.29) is 17.5 Å². The number of hydrogen-bond donors (Lipinski definition) is 2. The fourth-order valence-corrected chi connectivity index (χ4v) is 1.60. The number of hydrogen-bond acceptors (Lipinski definition) is 3. The fourth-order valence-electron chi connectivity index (χ4n) is 1.60. The maximum Gasteiger partial charge on any atom is 0.255 e. The molecule has 2 rings (SSSR count). The predicted molar refractivity (Wildman–Crippen MR) is 67.7 cm³/mol. The molecule has 0 unspecified atom stereocenters. The molecule has 0 spiro atoms. The Balaban J connectivity index is 2.21. The molecular weight excluding hydrogens is 233 g/mol. The van der Waals surface area contributed by atoms with Crippen molar-refractivity contribution in [2.75, 3.05) is 11.1 Å². The van der Waals surface area contributed by atoms with Gasteiger partial charge in [-0.2, -0.15) is 0 Å². The molecule has 4 nitrogen and oxygen atoms in total. The lowest BCUT2D eigenvalue weighted by Crippen LogP contribution is -2.12. The monoisotopic (exact) mass is 245 g/mol. The number of aryl methyl sites for hydroxylation is 1. The van der Waals surface area contributed by atoms with Crippen molar-refractivity contribution >= 4 is 17.4 Å². The normalized spacial score (nSPS) is 10.1. The number of nitrogens with zero attached hydrogens (tertiary/aromatic N) is 1. The van der Waals surface area contributed by atoms with Gasteiger partial charge in [0.15, 0.2) is 0 Å². The van der Waals surface area contributed by atoms with Gasteiger partial charge in [0.1, 0.15) is 11.6 Å². The molecule has 0 aliphatic heterocycles. The number of aromatic nitrogens is 1. The van der Waals surface area contributed by atoms with E-state index in [1.165, 1.54) is 30.5 Å². The number of benzene rings is 1. The molecule has 5 heteroatoms. The molecule has 0 saturated heterocycles. The van der Waals surface area contributed by atoms with Gasteiger partial charge in [-0.15, -0.1) is 0 Å². The van der Waals surface area contributed by atoms with Crippen molar-refractivity contribution in [3.8, 4) is 0 Å². The lowest BCUT2D eigenvalue weighted by atomic mass is 10.2. The van der Waals surface area contributed by atoms with Gasteiger partial charge >= 0.3 is 0 Å². The second kappa shape index (κ2) is 4.83. The van der Waals surface area contributed by atoms with Gasteiger partial charge in [0.25, 0.3) is 5.91 Å². The smallest absolute Gasteiger partial charge is 0.255 e. The van der Waals surface area contributed by atoms with Crippen molar-refractivity contribution in [3.63, 3.8) is 0 Å². The second-order valence-electron chi connectivity index (χ2n) is 3.94. The molecule has 1 aromatic carbocycles. The largest absolute Gasteiger partial charge is 0.384 e. The first kappa shape index (κ1) is 12.0. The number of rotatable bonds is 2. The molecule has 0 fully saturated rings. The molecule has 0 saturated carbocycles. The SMILES string of the molecule is Cc1cc(F)cc(NC(=O)c2ccnc(N)c2)c1. The van der Waals surface area contributed by atoms with E-state index in [2.05, 4.69) is 10.3 Å². The van der Waals surface area contributed by atoms with Crippen molar-refractivity contribution in [3.05, 3.63) is 53.5 Å². The Morgan fingerprint density at radius 2 is 2.11 bits per heavy atom. The average Bonchev–Trinajstić information content (AvgIpc) is 2.27. The standard InChI is InChI=1S/C13H12FN3O/c1-8-4-10(14)7-11(5-8)17-13(18)9-2-3-16-12(15)6-9/h2-7H,1H3,(H2,15,16)(H,17,18). The van der Waals surface area contributed by atoms with Crippen LogP contribution in [-0.4, -0.2) is 10.9 Å². The van der Waals surface area contributed by atoms with Crippen molar-refractivity contribution in [2.45, 2.75) is 6.92 Å². The van der Waals surface area contributed by atoms with Crippen LogP contribution in [0.15, 0.2) is 36.5 Å². The van der Waals surface area contributed by atoms with E-state index in [0.717, 1.165) is 5.56 Å². The molecule has 1 amide bonds. The van der Waals surface area contributed by atoms with E-state index in [1.807, 2.05) is 0 Å². The summed E-state index contributed by atoms with van der Waals surface area (Å²) in [5.74, 6) is -0.480. The number of halogens is 1. The highest BCUT2D eigenvalue weighted by Crippen LogP contribution is 2.14. The van der Waals surface area contributed by atoms with Gasteiger partial charge in [0, 0.05) is 17.4 Å². The third kappa shape index (κ3) is 2.82. The minimum absolute atomic E-state index is 0.262. The van der Waals surface area contributed by atoms with Crippen LogP contribution in [-0.2, 0) is 0 Å². The van der Waals surface area contributed by atoms with Crippen LogP contribution in [0.25, 0.3) is 0 Å². The lowest BCUT2D eigenvalue weighted by molar-refractivity contribution is 0.102. The van der Waals surface area contributed by atoms with E-state index in [9.17, 15) is 9.18 Å². The van der Waals surface area contributed by atoms with Gasteiger partial charge in [-0.05, 0) is 42.8 Å². The molecule has 0 aliphatic carbocycles. The van der Waals surface area contributed by atoms with Crippen LogP contribution >= 0.6 is 0 Å². The Morgan fingerprint density at radius 1 is 1.33 bits per heavy atom. The number of amides is 1. The Hall–Kier alpha value is -2.43. The molecule has 0 bridgehead atoms. The van der Waals surface area contributed by atoms with Gasteiger partial charge in [0.05, 0.1) is 0 Å². The third-order valence-corrected chi connectivity index (χ3v) is 2.34. The van der Waals surface area contributed by atoms with Gasteiger partial charge < -0.3 is 11.1 Å². The Kier molecular flexibility index (Phi) is 3.23. The summed E-state index contributed by atoms with van der Waals surface area (Å²) >= 11 is 0. The molecular formula is C13H12FN3O. The van der Waals surface area contributed by atoms with Crippen LogP contribution in [0.4, 0.5) is 15.9 Å². The maximum atomic E-state index is 13.2. The maximum absolute atomic E-state index is 13.2. The molecule has 1 heterocycles. The molecule has 0 atom stereocenters. The van der Waals surface area contributed by atoms with Crippen LogP contribution in [0.1, 0.15) is 15.9 Å². The Bertz CT molecular complexity index is 578. The fraction of sp³-hybridized carbons (Fsp3) is 0.0769. The lowest BCUT2D eigenvalue weighted by Gasteiger charge is -2.06. The highest BCUT2D eigenvalue weighted by molar-refractivity contribution is 6.04. The van der Waals surface area contributed by atoms with Gasteiger partial charge in [0.2, 0.25) is 0 Å². The van der Waals surface area contributed by atoms with Gasteiger partial charge in [-0.3, -0.25) is 4.79 Å².